The van der Waals surface area contributed by atoms with E-state index in [0.717, 1.165) is 12.1 Å². The molecule has 1 aliphatic heterocycles. The smallest absolute Gasteiger partial charge is 0.246 e. The lowest BCUT2D eigenvalue weighted by Crippen LogP contribution is -2.45. The molecule has 1 N–H and O–H groups in total. The molecule has 0 aliphatic carbocycles. The molecule has 0 bridgehead atoms. The summed E-state index contributed by atoms with van der Waals surface area (Å²) in [4.78, 5) is 12.8. The zero-order chi connectivity index (χ0) is 19.6. The predicted octanol–water partition coefficient (Wildman–Crippen LogP) is 0.662. The maximum atomic E-state index is 12.9. The van der Waals surface area contributed by atoms with Crippen molar-refractivity contribution in [1.29, 1.82) is 0 Å². The molecule has 2 aromatic heterocycles. The van der Waals surface area contributed by atoms with Crippen molar-refractivity contribution in [3.8, 4) is 0 Å². The van der Waals surface area contributed by atoms with E-state index in [1.165, 1.54) is 15.2 Å². The van der Waals surface area contributed by atoms with Crippen molar-refractivity contribution in [1.82, 2.24) is 29.2 Å². The van der Waals surface area contributed by atoms with Crippen LogP contribution in [0, 0.1) is 12.8 Å². The van der Waals surface area contributed by atoms with Crippen molar-refractivity contribution >= 4 is 15.9 Å². The predicted molar refractivity (Wildman–Crippen MR) is 99.2 cm³/mol. The highest BCUT2D eigenvalue weighted by atomic mass is 32.2. The van der Waals surface area contributed by atoms with E-state index in [1.807, 2.05) is 13.1 Å². The Morgan fingerprint density at radius 3 is 2.74 bits per heavy atom. The average Bonchev–Trinajstić information content (AvgIpc) is 3.27. The van der Waals surface area contributed by atoms with Gasteiger partial charge in [-0.05, 0) is 26.7 Å². The van der Waals surface area contributed by atoms with Gasteiger partial charge in [0.15, 0.2) is 0 Å². The summed E-state index contributed by atoms with van der Waals surface area (Å²) in [5.41, 5.74) is 1.52. The molecule has 1 amide bonds. The molecule has 0 saturated carbocycles. The molecule has 3 rings (SSSR count). The van der Waals surface area contributed by atoms with Crippen LogP contribution in [0.3, 0.4) is 0 Å². The second-order valence-corrected chi connectivity index (χ2v) is 8.75. The first-order valence-corrected chi connectivity index (χ1v) is 10.5. The number of nitrogens with zero attached hydrogens (tertiary/aromatic N) is 5. The lowest BCUT2D eigenvalue weighted by atomic mass is 9.99. The molecule has 0 unspecified atom stereocenters. The fraction of sp³-hybridized carbons (Fsp3) is 0.588. The third-order valence-corrected chi connectivity index (χ3v) is 7.01. The minimum atomic E-state index is -3.65. The summed E-state index contributed by atoms with van der Waals surface area (Å²) < 4.78 is 30.6. The van der Waals surface area contributed by atoms with E-state index in [-0.39, 0.29) is 23.3 Å². The number of aryl methyl sites for hydroxylation is 2. The number of amides is 1. The lowest BCUT2D eigenvalue weighted by molar-refractivity contribution is -0.126. The molecule has 27 heavy (non-hydrogen) atoms. The minimum Gasteiger partial charge on any atom is -0.352 e. The van der Waals surface area contributed by atoms with Crippen LogP contribution in [-0.4, -0.2) is 51.3 Å². The number of sulfonamides is 1. The van der Waals surface area contributed by atoms with Gasteiger partial charge in [-0.2, -0.15) is 14.5 Å². The first kappa shape index (κ1) is 19.6. The highest BCUT2D eigenvalue weighted by Gasteiger charge is 2.34. The fourth-order valence-corrected chi connectivity index (χ4v) is 4.96. The Balaban J connectivity index is 1.64. The summed E-state index contributed by atoms with van der Waals surface area (Å²) in [6.45, 7) is 5.50. The van der Waals surface area contributed by atoms with Crippen LogP contribution in [-0.2, 0) is 35.0 Å². The molecular weight excluding hydrogens is 368 g/mol. The molecule has 1 atom stereocenters. The van der Waals surface area contributed by atoms with Crippen LogP contribution >= 0.6 is 0 Å². The van der Waals surface area contributed by atoms with Crippen molar-refractivity contribution in [3.63, 3.8) is 0 Å². The van der Waals surface area contributed by atoms with E-state index in [9.17, 15) is 13.2 Å². The zero-order valence-electron chi connectivity index (χ0n) is 15.9. The molecule has 0 aromatic carbocycles. The molecule has 2 aromatic rings. The summed E-state index contributed by atoms with van der Waals surface area (Å²) in [7, 11) is -1.94. The Morgan fingerprint density at radius 2 is 2.11 bits per heavy atom. The standard InChI is InChI=1S/C17H26N6O3S/c1-4-22-11-14(9-20-22)8-18-17(24)15-6-5-7-23(12-15)27(25,26)16-10-19-21(3)13(16)2/h9-11,15H,4-8,12H2,1-3H3,(H,18,24)/t15-/m1/s1. The van der Waals surface area contributed by atoms with Gasteiger partial charge in [-0.25, -0.2) is 8.42 Å². The van der Waals surface area contributed by atoms with E-state index >= 15 is 0 Å². The van der Waals surface area contributed by atoms with E-state index in [0.29, 0.717) is 31.6 Å². The third-order valence-electron chi connectivity index (χ3n) is 5.04. The monoisotopic (exact) mass is 394 g/mol. The number of aromatic nitrogens is 4. The Hall–Kier alpha value is -2.20. The molecule has 1 fully saturated rings. The molecule has 10 heteroatoms. The van der Waals surface area contributed by atoms with Gasteiger partial charge in [-0.15, -0.1) is 0 Å². The summed E-state index contributed by atoms with van der Waals surface area (Å²) in [5.74, 6) is -0.478. The number of piperidine rings is 1. The largest absolute Gasteiger partial charge is 0.352 e. The Bertz CT molecular complexity index is 917. The minimum absolute atomic E-state index is 0.123. The molecule has 1 aliphatic rings. The van der Waals surface area contributed by atoms with Gasteiger partial charge in [0.1, 0.15) is 4.90 Å². The van der Waals surface area contributed by atoms with Crippen LogP contribution in [0.4, 0.5) is 0 Å². The SMILES string of the molecule is CCn1cc(CNC(=O)[C@@H]2CCCN(S(=O)(=O)c3cnn(C)c3C)C2)cn1. The molecule has 0 radical (unpaired) electrons. The topological polar surface area (TPSA) is 102 Å². The molecule has 1 saturated heterocycles. The van der Waals surface area contributed by atoms with E-state index in [4.69, 9.17) is 0 Å². The average molecular weight is 395 g/mol. The van der Waals surface area contributed by atoms with Crippen molar-refractivity contribution in [2.45, 2.75) is 44.7 Å². The second kappa shape index (κ2) is 7.81. The van der Waals surface area contributed by atoms with Crippen molar-refractivity contribution in [2.24, 2.45) is 13.0 Å². The summed E-state index contributed by atoms with van der Waals surface area (Å²) in [5, 5.41) is 11.1. The molecular formula is C17H26N6O3S. The number of nitrogens with one attached hydrogen (secondary N) is 1. The number of carbonyl (C=O) groups is 1. The Morgan fingerprint density at radius 1 is 1.33 bits per heavy atom. The molecule has 0 spiro atoms. The summed E-state index contributed by atoms with van der Waals surface area (Å²) in [6.07, 6.45) is 6.33. The van der Waals surface area contributed by atoms with Gasteiger partial charge in [0, 0.05) is 45.0 Å². The van der Waals surface area contributed by atoms with Gasteiger partial charge in [0.2, 0.25) is 15.9 Å². The Kier molecular flexibility index (Phi) is 5.66. The number of hydrogen-bond acceptors (Lipinski definition) is 5. The molecule has 9 nitrogen and oxygen atoms in total. The quantitative estimate of drug-likeness (QED) is 0.776. The van der Waals surface area contributed by atoms with Gasteiger partial charge in [-0.1, -0.05) is 0 Å². The second-order valence-electron chi connectivity index (χ2n) is 6.84. The maximum absolute atomic E-state index is 12.9. The highest BCUT2D eigenvalue weighted by Crippen LogP contribution is 2.25. The first-order chi connectivity index (χ1) is 12.8. The number of hydrogen-bond donors (Lipinski definition) is 1. The van der Waals surface area contributed by atoms with Gasteiger partial charge < -0.3 is 5.32 Å². The highest BCUT2D eigenvalue weighted by molar-refractivity contribution is 7.89. The van der Waals surface area contributed by atoms with Crippen LogP contribution in [0.5, 0.6) is 0 Å². The van der Waals surface area contributed by atoms with Crippen molar-refractivity contribution < 1.29 is 13.2 Å². The van der Waals surface area contributed by atoms with Crippen LogP contribution in [0.15, 0.2) is 23.5 Å². The number of rotatable bonds is 6. The van der Waals surface area contributed by atoms with Crippen molar-refractivity contribution in [3.05, 3.63) is 29.8 Å². The molecule has 3 heterocycles. The van der Waals surface area contributed by atoms with Crippen molar-refractivity contribution in [2.75, 3.05) is 13.1 Å². The lowest BCUT2D eigenvalue weighted by Gasteiger charge is -2.31. The normalized spacial score (nSPS) is 18.6. The van der Waals surface area contributed by atoms with Crippen LogP contribution < -0.4 is 5.32 Å². The van der Waals surface area contributed by atoms with Gasteiger partial charge >= 0.3 is 0 Å². The Labute approximate surface area is 159 Å². The molecule has 148 valence electrons. The zero-order valence-corrected chi connectivity index (χ0v) is 16.7. The fourth-order valence-electron chi connectivity index (χ4n) is 3.25. The summed E-state index contributed by atoms with van der Waals surface area (Å²) in [6, 6.07) is 0. The van der Waals surface area contributed by atoms with Crippen LogP contribution in [0.2, 0.25) is 0 Å². The van der Waals surface area contributed by atoms with E-state index in [2.05, 4.69) is 15.5 Å². The van der Waals surface area contributed by atoms with Gasteiger partial charge in [0.05, 0.1) is 24.0 Å². The third kappa shape index (κ3) is 4.06. The van der Waals surface area contributed by atoms with Gasteiger partial charge in [-0.3, -0.25) is 14.2 Å². The van der Waals surface area contributed by atoms with E-state index in [1.54, 1.807) is 24.9 Å². The van der Waals surface area contributed by atoms with Crippen LogP contribution in [0.25, 0.3) is 0 Å². The van der Waals surface area contributed by atoms with E-state index < -0.39 is 10.0 Å². The number of carbonyl (C=O) groups excluding carboxylic acids is 1. The first-order valence-electron chi connectivity index (χ1n) is 9.10. The summed E-state index contributed by atoms with van der Waals surface area (Å²) >= 11 is 0. The maximum Gasteiger partial charge on any atom is 0.246 e. The van der Waals surface area contributed by atoms with Crippen LogP contribution in [0.1, 0.15) is 31.0 Å². The van der Waals surface area contributed by atoms with Gasteiger partial charge in [0.25, 0.3) is 0 Å².